The molecule has 124 valence electrons. The molecule has 3 N–H and O–H groups in total. The third-order valence-electron chi connectivity index (χ3n) is 4.18. The number of nitrogens with two attached hydrogens (primary N) is 1. The van der Waals surface area contributed by atoms with E-state index in [9.17, 15) is 0 Å². The maximum atomic E-state index is 5.88. The van der Waals surface area contributed by atoms with Crippen molar-refractivity contribution in [1.29, 1.82) is 0 Å². The zero-order chi connectivity index (χ0) is 16.8. The number of fused-ring (bicyclic) bond motifs is 1. The Morgan fingerprint density at radius 1 is 0.958 bits per heavy atom. The number of aromatic nitrogens is 2. The first-order valence-corrected chi connectivity index (χ1v) is 8.61. The van der Waals surface area contributed by atoms with Crippen LogP contribution in [-0.4, -0.2) is 16.5 Å². The van der Waals surface area contributed by atoms with Gasteiger partial charge in [0.05, 0.1) is 5.52 Å². The smallest absolute Gasteiger partial charge is 0.222 e. The molecule has 0 aliphatic carbocycles. The maximum Gasteiger partial charge on any atom is 0.222 e. The van der Waals surface area contributed by atoms with Gasteiger partial charge in [-0.05, 0) is 36.5 Å². The summed E-state index contributed by atoms with van der Waals surface area (Å²) in [5.41, 5.74) is 9.39. The summed E-state index contributed by atoms with van der Waals surface area (Å²) < 4.78 is 0. The summed E-state index contributed by atoms with van der Waals surface area (Å²) in [7, 11) is 0. The number of hydrogen-bond acceptors (Lipinski definition) is 4. The van der Waals surface area contributed by atoms with E-state index in [1.54, 1.807) is 0 Å². The van der Waals surface area contributed by atoms with E-state index >= 15 is 0 Å². The number of rotatable bonds is 7. The molecule has 0 amide bonds. The summed E-state index contributed by atoms with van der Waals surface area (Å²) in [4.78, 5) is 8.85. The van der Waals surface area contributed by atoms with Crippen LogP contribution in [0.1, 0.15) is 30.9 Å². The second kappa shape index (κ2) is 7.77. The standard InChI is InChI=1S/C20H24N4/c1-2-3-14-22-19-18-16(13-12-15-8-5-4-6-9-15)10-7-11-17(18)23-20(21)24-19/h4-11H,2-3,12-14H2,1H3,(H3,21,22,23,24). The number of unbranched alkanes of at least 4 members (excludes halogenated alkanes) is 1. The van der Waals surface area contributed by atoms with Crippen molar-refractivity contribution < 1.29 is 0 Å². The van der Waals surface area contributed by atoms with Crippen LogP contribution in [0, 0.1) is 0 Å². The van der Waals surface area contributed by atoms with E-state index in [1.807, 2.05) is 18.2 Å². The van der Waals surface area contributed by atoms with E-state index in [4.69, 9.17) is 5.73 Å². The number of nitrogens with one attached hydrogen (secondary N) is 1. The van der Waals surface area contributed by atoms with Crippen molar-refractivity contribution in [2.45, 2.75) is 32.6 Å². The van der Waals surface area contributed by atoms with Gasteiger partial charge in [0, 0.05) is 11.9 Å². The van der Waals surface area contributed by atoms with Crippen LogP contribution >= 0.6 is 0 Å². The summed E-state index contributed by atoms with van der Waals surface area (Å²) in [6, 6.07) is 16.8. The molecule has 4 heteroatoms. The van der Waals surface area contributed by atoms with Crippen molar-refractivity contribution in [3.8, 4) is 0 Å². The maximum absolute atomic E-state index is 5.88. The van der Waals surface area contributed by atoms with Crippen LogP contribution < -0.4 is 11.1 Å². The van der Waals surface area contributed by atoms with Gasteiger partial charge in [-0.25, -0.2) is 4.98 Å². The fraction of sp³-hybridized carbons (Fsp3) is 0.300. The first-order chi connectivity index (χ1) is 11.8. The Hall–Kier alpha value is -2.62. The van der Waals surface area contributed by atoms with E-state index in [2.05, 4.69) is 52.5 Å². The van der Waals surface area contributed by atoms with Gasteiger partial charge in [-0.15, -0.1) is 0 Å². The van der Waals surface area contributed by atoms with Gasteiger partial charge in [-0.3, -0.25) is 0 Å². The van der Waals surface area contributed by atoms with Crippen LogP contribution in [-0.2, 0) is 12.8 Å². The summed E-state index contributed by atoms with van der Waals surface area (Å²) in [5.74, 6) is 1.18. The number of aryl methyl sites for hydroxylation is 2. The average molecular weight is 320 g/mol. The van der Waals surface area contributed by atoms with E-state index < -0.39 is 0 Å². The van der Waals surface area contributed by atoms with Crippen LogP contribution in [0.3, 0.4) is 0 Å². The largest absolute Gasteiger partial charge is 0.369 e. The first kappa shape index (κ1) is 16.2. The number of nitrogens with zero attached hydrogens (tertiary/aromatic N) is 2. The number of benzene rings is 2. The molecule has 2 aromatic carbocycles. The quantitative estimate of drug-likeness (QED) is 0.640. The van der Waals surface area contributed by atoms with Crippen LogP contribution in [0.25, 0.3) is 10.9 Å². The van der Waals surface area contributed by atoms with Gasteiger partial charge in [0.25, 0.3) is 0 Å². The zero-order valence-corrected chi connectivity index (χ0v) is 14.1. The Kier molecular flexibility index (Phi) is 5.26. The number of anilines is 2. The van der Waals surface area contributed by atoms with Gasteiger partial charge in [0.1, 0.15) is 5.82 Å². The van der Waals surface area contributed by atoms with E-state index in [0.29, 0.717) is 5.95 Å². The molecule has 0 spiro atoms. The van der Waals surface area contributed by atoms with Crippen molar-refractivity contribution in [3.05, 3.63) is 59.7 Å². The van der Waals surface area contributed by atoms with Crippen molar-refractivity contribution in [2.75, 3.05) is 17.6 Å². The molecule has 1 aromatic heterocycles. The predicted octanol–water partition coefficient (Wildman–Crippen LogP) is 4.21. The summed E-state index contributed by atoms with van der Waals surface area (Å²) >= 11 is 0. The van der Waals surface area contributed by atoms with Gasteiger partial charge in [0.2, 0.25) is 5.95 Å². The summed E-state index contributed by atoms with van der Waals surface area (Å²) in [5, 5.41) is 4.53. The van der Waals surface area contributed by atoms with Crippen molar-refractivity contribution >= 4 is 22.7 Å². The Labute approximate surface area is 143 Å². The lowest BCUT2D eigenvalue weighted by atomic mass is 10.0. The summed E-state index contributed by atoms with van der Waals surface area (Å²) in [6.45, 7) is 3.08. The van der Waals surface area contributed by atoms with Crippen LogP contribution in [0.15, 0.2) is 48.5 Å². The Bertz CT molecular complexity index is 799. The molecule has 0 aliphatic heterocycles. The van der Waals surface area contributed by atoms with Crippen LogP contribution in [0.4, 0.5) is 11.8 Å². The minimum Gasteiger partial charge on any atom is -0.369 e. The molecule has 3 rings (SSSR count). The highest BCUT2D eigenvalue weighted by atomic mass is 15.1. The second-order valence-corrected chi connectivity index (χ2v) is 6.01. The van der Waals surface area contributed by atoms with Crippen LogP contribution in [0.5, 0.6) is 0 Å². The van der Waals surface area contributed by atoms with Gasteiger partial charge in [-0.1, -0.05) is 55.8 Å². The lowest BCUT2D eigenvalue weighted by molar-refractivity contribution is 0.831. The summed E-state index contributed by atoms with van der Waals surface area (Å²) in [6.07, 6.45) is 4.21. The van der Waals surface area contributed by atoms with Crippen molar-refractivity contribution in [1.82, 2.24) is 9.97 Å². The van der Waals surface area contributed by atoms with Gasteiger partial charge in [-0.2, -0.15) is 4.98 Å². The molecule has 1 heterocycles. The molecule has 4 nitrogen and oxygen atoms in total. The minimum atomic E-state index is 0.321. The van der Waals surface area contributed by atoms with Gasteiger partial charge < -0.3 is 11.1 Å². The highest BCUT2D eigenvalue weighted by molar-refractivity contribution is 5.93. The Balaban J connectivity index is 1.91. The number of nitrogen functional groups attached to an aromatic ring is 1. The molecule has 0 fully saturated rings. The molecule has 0 saturated carbocycles. The van der Waals surface area contributed by atoms with E-state index in [0.717, 1.165) is 48.9 Å². The van der Waals surface area contributed by atoms with Crippen molar-refractivity contribution in [2.24, 2.45) is 0 Å². The molecule has 0 aliphatic rings. The molecule has 0 bridgehead atoms. The second-order valence-electron chi connectivity index (χ2n) is 6.01. The third-order valence-corrected chi connectivity index (χ3v) is 4.18. The molecule has 0 unspecified atom stereocenters. The highest BCUT2D eigenvalue weighted by Crippen LogP contribution is 2.26. The molecular weight excluding hydrogens is 296 g/mol. The zero-order valence-electron chi connectivity index (χ0n) is 14.1. The topological polar surface area (TPSA) is 63.8 Å². The van der Waals surface area contributed by atoms with Gasteiger partial charge in [0.15, 0.2) is 0 Å². The molecule has 0 saturated heterocycles. The molecule has 24 heavy (non-hydrogen) atoms. The Morgan fingerprint density at radius 3 is 2.58 bits per heavy atom. The van der Waals surface area contributed by atoms with E-state index in [-0.39, 0.29) is 0 Å². The average Bonchev–Trinajstić information content (AvgIpc) is 2.60. The monoisotopic (exact) mass is 320 g/mol. The first-order valence-electron chi connectivity index (χ1n) is 8.61. The fourth-order valence-electron chi connectivity index (χ4n) is 2.92. The lowest BCUT2D eigenvalue weighted by Gasteiger charge is -2.13. The molecule has 0 atom stereocenters. The molecule has 0 radical (unpaired) electrons. The van der Waals surface area contributed by atoms with Gasteiger partial charge >= 0.3 is 0 Å². The molecular formula is C20H24N4. The molecule has 3 aromatic rings. The highest BCUT2D eigenvalue weighted by Gasteiger charge is 2.10. The minimum absolute atomic E-state index is 0.321. The fourth-order valence-corrected chi connectivity index (χ4v) is 2.92. The SMILES string of the molecule is CCCCNc1nc(N)nc2cccc(CCc3ccccc3)c12. The normalized spacial score (nSPS) is 10.9. The Morgan fingerprint density at radius 2 is 1.79 bits per heavy atom. The van der Waals surface area contributed by atoms with Crippen LogP contribution in [0.2, 0.25) is 0 Å². The number of hydrogen-bond donors (Lipinski definition) is 2. The van der Waals surface area contributed by atoms with Crippen molar-refractivity contribution in [3.63, 3.8) is 0 Å². The third kappa shape index (κ3) is 3.82. The predicted molar refractivity (Wildman–Crippen MR) is 101 cm³/mol. The lowest BCUT2D eigenvalue weighted by Crippen LogP contribution is -2.08. The van der Waals surface area contributed by atoms with E-state index in [1.165, 1.54) is 11.1 Å².